The Kier molecular flexibility index (Phi) is 3.72. The third-order valence-electron chi connectivity index (χ3n) is 2.46. The Morgan fingerprint density at radius 2 is 2.23 bits per heavy atom. The fourth-order valence-electron chi connectivity index (χ4n) is 1.13. The van der Waals surface area contributed by atoms with Crippen LogP contribution in [0.1, 0.15) is 26.7 Å². The van der Waals surface area contributed by atoms with Crippen molar-refractivity contribution < 1.29 is 14.3 Å². The number of hydrogen-bond acceptors (Lipinski definition) is 3. The number of methoxy groups -OCH3 is 1. The van der Waals surface area contributed by atoms with Gasteiger partial charge in [-0.25, -0.2) is 0 Å². The van der Waals surface area contributed by atoms with Gasteiger partial charge in [0.15, 0.2) is 0 Å². The average molecular weight is 186 g/mol. The quantitative estimate of drug-likeness (QED) is 0.612. The fraction of sp³-hybridized carbons (Fsp3) is 0.900. The standard InChI is InChI=1S/C10H18O3/c1-7(4-5-12-3)10(11)13-9-6-8(9)2/h7-9H,4-6H2,1-3H3. The summed E-state index contributed by atoms with van der Waals surface area (Å²) in [4.78, 5) is 11.4. The van der Waals surface area contributed by atoms with E-state index >= 15 is 0 Å². The Morgan fingerprint density at radius 3 is 2.69 bits per heavy atom. The SMILES string of the molecule is COCCC(C)C(=O)OC1CC1C. The highest BCUT2D eigenvalue weighted by Crippen LogP contribution is 2.33. The van der Waals surface area contributed by atoms with E-state index in [0.29, 0.717) is 12.5 Å². The number of carbonyl (C=O) groups is 1. The summed E-state index contributed by atoms with van der Waals surface area (Å²) in [5.74, 6) is 0.456. The van der Waals surface area contributed by atoms with Gasteiger partial charge in [0.1, 0.15) is 6.10 Å². The van der Waals surface area contributed by atoms with Crippen molar-refractivity contribution in [3.05, 3.63) is 0 Å². The van der Waals surface area contributed by atoms with Gasteiger partial charge in [-0.15, -0.1) is 0 Å². The zero-order valence-electron chi connectivity index (χ0n) is 8.58. The number of rotatable bonds is 5. The van der Waals surface area contributed by atoms with Gasteiger partial charge >= 0.3 is 5.97 Å². The number of hydrogen-bond donors (Lipinski definition) is 0. The van der Waals surface area contributed by atoms with Crippen LogP contribution < -0.4 is 0 Å². The maximum Gasteiger partial charge on any atom is 0.309 e. The smallest absolute Gasteiger partial charge is 0.309 e. The minimum absolute atomic E-state index is 0.0345. The first-order chi connectivity index (χ1) is 6.15. The topological polar surface area (TPSA) is 35.5 Å². The lowest BCUT2D eigenvalue weighted by atomic mass is 10.1. The van der Waals surface area contributed by atoms with Crippen molar-refractivity contribution in [1.82, 2.24) is 0 Å². The lowest BCUT2D eigenvalue weighted by molar-refractivity contribution is -0.150. The van der Waals surface area contributed by atoms with Crippen LogP contribution in [0.3, 0.4) is 0 Å². The van der Waals surface area contributed by atoms with Crippen LogP contribution >= 0.6 is 0 Å². The molecule has 3 unspecified atom stereocenters. The van der Waals surface area contributed by atoms with E-state index in [1.165, 1.54) is 0 Å². The van der Waals surface area contributed by atoms with Gasteiger partial charge in [0.2, 0.25) is 0 Å². The third kappa shape index (κ3) is 3.35. The van der Waals surface area contributed by atoms with Crippen LogP contribution in [0, 0.1) is 11.8 Å². The van der Waals surface area contributed by atoms with E-state index in [1.807, 2.05) is 6.92 Å². The van der Waals surface area contributed by atoms with Crippen LogP contribution in [0.5, 0.6) is 0 Å². The van der Waals surface area contributed by atoms with E-state index in [-0.39, 0.29) is 18.0 Å². The molecule has 1 fully saturated rings. The van der Waals surface area contributed by atoms with E-state index < -0.39 is 0 Å². The molecule has 3 nitrogen and oxygen atoms in total. The lowest BCUT2D eigenvalue weighted by Crippen LogP contribution is -2.17. The van der Waals surface area contributed by atoms with Gasteiger partial charge in [-0.1, -0.05) is 13.8 Å². The molecule has 3 atom stereocenters. The van der Waals surface area contributed by atoms with E-state index in [0.717, 1.165) is 12.8 Å². The van der Waals surface area contributed by atoms with E-state index in [2.05, 4.69) is 6.92 Å². The van der Waals surface area contributed by atoms with Crippen LogP contribution in [-0.2, 0) is 14.3 Å². The summed E-state index contributed by atoms with van der Waals surface area (Å²) < 4.78 is 10.1. The molecule has 0 heterocycles. The number of carbonyl (C=O) groups excluding carboxylic acids is 1. The average Bonchev–Trinajstić information content (AvgIpc) is 2.77. The Morgan fingerprint density at radius 1 is 1.62 bits per heavy atom. The fourth-order valence-corrected chi connectivity index (χ4v) is 1.13. The Hall–Kier alpha value is -0.570. The van der Waals surface area contributed by atoms with Crippen LogP contribution in [-0.4, -0.2) is 25.8 Å². The van der Waals surface area contributed by atoms with Gasteiger partial charge in [-0.2, -0.15) is 0 Å². The highest BCUT2D eigenvalue weighted by molar-refractivity contribution is 5.72. The van der Waals surface area contributed by atoms with Crippen molar-refractivity contribution in [2.45, 2.75) is 32.8 Å². The summed E-state index contributed by atoms with van der Waals surface area (Å²) in [6, 6.07) is 0. The van der Waals surface area contributed by atoms with Crippen LogP contribution in [0.15, 0.2) is 0 Å². The molecule has 0 saturated heterocycles. The van der Waals surface area contributed by atoms with Gasteiger partial charge in [-0.05, 0) is 18.8 Å². The summed E-state index contributed by atoms with van der Waals surface area (Å²) in [6.45, 7) is 4.60. The molecular formula is C10H18O3. The summed E-state index contributed by atoms with van der Waals surface area (Å²) in [5, 5.41) is 0. The lowest BCUT2D eigenvalue weighted by Gasteiger charge is -2.10. The summed E-state index contributed by atoms with van der Waals surface area (Å²) in [6.07, 6.45) is 1.97. The minimum atomic E-state index is -0.0774. The van der Waals surface area contributed by atoms with Gasteiger partial charge in [-0.3, -0.25) is 4.79 Å². The molecule has 0 aromatic rings. The van der Waals surface area contributed by atoms with E-state index in [1.54, 1.807) is 7.11 Å². The van der Waals surface area contributed by atoms with Crippen molar-refractivity contribution >= 4 is 5.97 Å². The number of ether oxygens (including phenoxy) is 2. The summed E-state index contributed by atoms with van der Waals surface area (Å²) in [7, 11) is 1.64. The Balaban J connectivity index is 2.14. The Labute approximate surface area is 79.4 Å². The van der Waals surface area contributed by atoms with E-state index in [9.17, 15) is 4.79 Å². The minimum Gasteiger partial charge on any atom is -0.462 e. The molecule has 0 amide bonds. The maximum absolute atomic E-state index is 11.4. The second kappa shape index (κ2) is 4.61. The molecule has 13 heavy (non-hydrogen) atoms. The summed E-state index contributed by atoms with van der Waals surface area (Å²) >= 11 is 0. The van der Waals surface area contributed by atoms with Gasteiger partial charge in [0.05, 0.1) is 5.92 Å². The van der Waals surface area contributed by atoms with Crippen LogP contribution in [0.4, 0.5) is 0 Å². The largest absolute Gasteiger partial charge is 0.462 e. The molecule has 1 aliphatic carbocycles. The zero-order chi connectivity index (χ0) is 9.84. The maximum atomic E-state index is 11.4. The molecule has 0 bridgehead atoms. The predicted molar refractivity (Wildman–Crippen MR) is 49.3 cm³/mol. The van der Waals surface area contributed by atoms with Gasteiger partial charge in [0.25, 0.3) is 0 Å². The molecular weight excluding hydrogens is 168 g/mol. The van der Waals surface area contributed by atoms with Crippen molar-refractivity contribution in [2.75, 3.05) is 13.7 Å². The van der Waals surface area contributed by atoms with Crippen molar-refractivity contribution in [2.24, 2.45) is 11.8 Å². The summed E-state index contributed by atoms with van der Waals surface area (Å²) in [5.41, 5.74) is 0. The van der Waals surface area contributed by atoms with E-state index in [4.69, 9.17) is 9.47 Å². The van der Waals surface area contributed by atoms with Crippen molar-refractivity contribution in [3.63, 3.8) is 0 Å². The Bertz CT molecular complexity index is 179. The predicted octanol–water partition coefficient (Wildman–Crippen LogP) is 1.61. The van der Waals surface area contributed by atoms with Crippen LogP contribution in [0.25, 0.3) is 0 Å². The zero-order valence-corrected chi connectivity index (χ0v) is 8.58. The molecule has 0 aromatic carbocycles. The second-order valence-electron chi connectivity index (χ2n) is 3.87. The normalized spacial score (nSPS) is 28.2. The van der Waals surface area contributed by atoms with Crippen molar-refractivity contribution in [1.29, 1.82) is 0 Å². The molecule has 1 saturated carbocycles. The number of esters is 1. The highest BCUT2D eigenvalue weighted by Gasteiger charge is 2.37. The first-order valence-electron chi connectivity index (χ1n) is 4.84. The molecule has 1 aliphatic rings. The molecule has 76 valence electrons. The molecule has 0 aliphatic heterocycles. The third-order valence-corrected chi connectivity index (χ3v) is 2.46. The molecule has 0 N–H and O–H groups in total. The first-order valence-corrected chi connectivity index (χ1v) is 4.84. The van der Waals surface area contributed by atoms with Crippen molar-refractivity contribution in [3.8, 4) is 0 Å². The molecule has 3 heteroatoms. The first kappa shape index (κ1) is 10.5. The molecule has 1 rings (SSSR count). The molecule has 0 aromatic heterocycles. The van der Waals surface area contributed by atoms with Gasteiger partial charge < -0.3 is 9.47 Å². The molecule has 0 spiro atoms. The molecule has 0 radical (unpaired) electrons. The van der Waals surface area contributed by atoms with Gasteiger partial charge in [0, 0.05) is 13.7 Å². The van der Waals surface area contributed by atoms with Crippen LogP contribution in [0.2, 0.25) is 0 Å². The highest BCUT2D eigenvalue weighted by atomic mass is 16.5. The monoisotopic (exact) mass is 186 g/mol. The second-order valence-corrected chi connectivity index (χ2v) is 3.87.